The van der Waals surface area contributed by atoms with Gasteiger partial charge in [0.05, 0.1) is 11.8 Å². The summed E-state index contributed by atoms with van der Waals surface area (Å²) in [6.45, 7) is 1.60. The first-order valence-corrected chi connectivity index (χ1v) is 6.21. The van der Waals surface area contributed by atoms with Gasteiger partial charge < -0.3 is 10.8 Å². The Kier molecular flexibility index (Phi) is 3.87. The fourth-order valence-electron chi connectivity index (χ4n) is 2.28. The second kappa shape index (κ2) is 5.30. The number of aliphatic hydroxyl groups excluding tert-OH is 1. The molecule has 3 N–H and O–H groups in total. The first-order chi connectivity index (χ1) is 9.31. The molecule has 0 saturated carbocycles. The van der Waals surface area contributed by atoms with Gasteiger partial charge in [0.15, 0.2) is 0 Å². The second-order valence-corrected chi connectivity index (χ2v) is 5.14. The van der Waals surface area contributed by atoms with Crippen molar-refractivity contribution in [2.75, 3.05) is 0 Å². The van der Waals surface area contributed by atoms with E-state index in [1.54, 1.807) is 26.2 Å². The highest BCUT2D eigenvalue weighted by molar-refractivity contribution is 5.26. The number of rotatable bonds is 4. The van der Waals surface area contributed by atoms with E-state index in [4.69, 9.17) is 5.73 Å². The highest BCUT2D eigenvalue weighted by atomic mass is 19.1. The lowest BCUT2D eigenvalue weighted by Crippen LogP contribution is -2.36. The van der Waals surface area contributed by atoms with Crippen LogP contribution in [0.5, 0.6) is 0 Å². The third-order valence-corrected chi connectivity index (χ3v) is 3.36. The highest BCUT2D eigenvalue weighted by Gasteiger charge is 2.29. The molecule has 0 saturated heterocycles. The van der Waals surface area contributed by atoms with Crippen molar-refractivity contribution in [3.8, 4) is 0 Å². The van der Waals surface area contributed by atoms with Gasteiger partial charge in [0.25, 0.3) is 0 Å². The molecule has 0 fully saturated rings. The summed E-state index contributed by atoms with van der Waals surface area (Å²) in [5.41, 5.74) is 5.72. The van der Waals surface area contributed by atoms with Crippen LogP contribution >= 0.6 is 0 Å². The van der Waals surface area contributed by atoms with Crippen LogP contribution < -0.4 is 5.73 Å². The predicted molar refractivity (Wildman–Crippen MR) is 70.7 cm³/mol. The maximum Gasteiger partial charge on any atom is 0.131 e. The summed E-state index contributed by atoms with van der Waals surface area (Å²) in [6.07, 6.45) is 0.766. The molecule has 0 unspecified atom stereocenters. The van der Waals surface area contributed by atoms with Gasteiger partial charge in [0, 0.05) is 36.8 Å². The lowest BCUT2D eigenvalue weighted by molar-refractivity contribution is 0.128. The van der Waals surface area contributed by atoms with Crippen molar-refractivity contribution in [3.05, 3.63) is 53.4 Å². The van der Waals surface area contributed by atoms with E-state index >= 15 is 0 Å². The quantitative estimate of drug-likeness (QED) is 0.901. The predicted octanol–water partition coefficient (Wildman–Crippen LogP) is 2.00. The van der Waals surface area contributed by atoms with E-state index in [2.05, 4.69) is 5.10 Å². The zero-order valence-electron chi connectivity index (χ0n) is 11.3. The fourth-order valence-corrected chi connectivity index (χ4v) is 2.28. The largest absolute Gasteiger partial charge is 0.387 e. The molecule has 0 aliphatic rings. The molecule has 20 heavy (non-hydrogen) atoms. The molecule has 1 aromatic carbocycles. The average molecular weight is 281 g/mol. The standard InChI is InChI=1S/C14H17F2N3O/c1-14(17,10-4-3-9(15)7-11(10)16)8-13(20)12-5-6-18-19(12)2/h3-7,13,20H,8,17H2,1-2H3/t13-,14+/m1/s1. The molecular weight excluding hydrogens is 264 g/mol. The number of nitrogens with two attached hydrogens (primary N) is 1. The van der Waals surface area contributed by atoms with E-state index in [1.807, 2.05) is 0 Å². The lowest BCUT2D eigenvalue weighted by atomic mass is 9.86. The van der Waals surface area contributed by atoms with Gasteiger partial charge >= 0.3 is 0 Å². The summed E-state index contributed by atoms with van der Waals surface area (Å²) in [7, 11) is 1.70. The van der Waals surface area contributed by atoms with Crippen LogP contribution in [0.1, 0.15) is 30.7 Å². The molecule has 4 nitrogen and oxygen atoms in total. The van der Waals surface area contributed by atoms with Crippen LogP contribution in [0, 0.1) is 11.6 Å². The Morgan fingerprint density at radius 2 is 2.10 bits per heavy atom. The monoisotopic (exact) mass is 281 g/mol. The minimum Gasteiger partial charge on any atom is -0.387 e. The van der Waals surface area contributed by atoms with Gasteiger partial charge in [0.1, 0.15) is 11.6 Å². The Morgan fingerprint density at radius 1 is 1.40 bits per heavy atom. The first-order valence-electron chi connectivity index (χ1n) is 6.21. The maximum atomic E-state index is 13.8. The van der Waals surface area contributed by atoms with Gasteiger partial charge in [-0.25, -0.2) is 8.78 Å². The summed E-state index contributed by atoms with van der Waals surface area (Å²) < 4.78 is 28.3. The van der Waals surface area contributed by atoms with Crippen LogP contribution in [-0.2, 0) is 12.6 Å². The average Bonchev–Trinajstić information content (AvgIpc) is 2.74. The first kappa shape index (κ1) is 14.6. The van der Waals surface area contributed by atoms with Gasteiger partial charge in [-0.3, -0.25) is 4.68 Å². The van der Waals surface area contributed by atoms with Crippen LogP contribution in [0.4, 0.5) is 8.78 Å². The Balaban J connectivity index is 2.24. The molecule has 2 aromatic rings. The van der Waals surface area contributed by atoms with Gasteiger partial charge in [-0.2, -0.15) is 5.10 Å². The number of aliphatic hydroxyl groups is 1. The highest BCUT2D eigenvalue weighted by Crippen LogP contribution is 2.31. The minimum absolute atomic E-state index is 0.0923. The van der Waals surface area contributed by atoms with Crippen molar-refractivity contribution in [2.45, 2.75) is 25.0 Å². The number of nitrogens with zero attached hydrogens (tertiary/aromatic N) is 2. The molecule has 0 aliphatic carbocycles. The van der Waals surface area contributed by atoms with Crippen LogP contribution in [0.3, 0.4) is 0 Å². The van der Waals surface area contributed by atoms with Crippen LogP contribution in [0.25, 0.3) is 0 Å². The molecule has 0 amide bonds. The number of benzene rings is 1. The third kappa shape index (κ3) is 2.86. The summed E-state index contributed by atoms with van der Waals surface area (Å²) >= 11 is 0. The van der Waals surface area contributed by atoms with Crippen LogP contribution in [-0.4, -0.2) is 14.9 Å². The maximum absolute atomic E-state index is 13.8. The number of hydrogen-bond acceptors (Lipinski definition) is 3. The van der Waals surface area contributed by atoms with Crippen molar-refractivity contribution in [3.63, 3.8) is 0 Å². The molecule has 0 bridgehead atoms. The normalized spacial score (nSPS) is 15.9. The molecular formula is C14H17F2N3O. The second-order valence-electron chi connectivity index (χ2n) is 5.14. The van der Waals surface area contributed by atoms with E-state index in [9.17, 15) is 13.9 Å². The number of aryl methyl sites for hydroxylation is 1. The Labute approximate surface area is 115 Å². The Hall–Kier alpha value is -1.79. The third-order valence-electron chi connectivity index (χ3n) is 3.36. The van der Waals surface area contributed by atoms with Gasteiger partial charge in [-0.1, -0.05) is 6.07 Å². The SMILES string of the molecule is Cn1nccc1[C@H](O)C[C@](C)(N)c1ccc(F)cc1F. The van der Waals surface area contributed by atoms with Crippen LogP contribution in [0.2, 0.25) is 0 Å². The zero-order valence-corrected chi connectivity index (χ0v) is 11.3. The Bertz CT molecular complexity index is 610. The number of hydrogen-bond donors (Lipinski definition) is 2. The van der Waals surface area contributed by atoms with E-state index in [1.165, 1.54) is 10.7 Å². The molecule has 108 valence electrons. The van der Waals surface area contributed by atoms with E-state index in [0.29, 0.717) is 5.69 Å². The van der Waals surface area contributed by atoms with Gasteiger partial charge in [-0.05, 0) is 19.1 Å². The van der Waals surface area contributed by atoms with Crippen molar-refractivity contribution in [1.82, 2.24) is 9.78 Å². The summed E-state index contributed by atoms with van der Waals surface area (Å²) in [5, 5.41) is 14.2. The van der Waals surface area contributed by atoms with Gasteiger partial charge in [-0.15, -0.1) is 0 Å². The van der Waals surface area contributed by atoms with Crippen molar-refractivity contribution in [2.24, 2.45) is 12.8 Å². The molecule has 6 heteroatoms. The van der Waals surface area contributed by atoms with Crippen LogP contribution in [0.15, 0.2) is 30.5 Å². The summed E-state index contributed by atoms with van der Waals surface area (Å²) in [6, 6.07) is 4.92. The number of aromatic nitrogens is 2. The Morgan fingerprint density at radius 3 is 2.65 bits per heavy atom. The minimum atomic E-state index is -1.12. The smallest absolute Gasteiger partial charge is 0.131 e. The van der Waals surface area contributed by atoms with E-state index < -0.39 is 23.3 Å². The lowest BCUT2D eigenvalue weighted by Gasteiger charge is -2.28. The molecule has 0 spiro atoms. The molecule has 2 rings (SSSR count). The van der Waals surface area contributed by atoms with E-state index in [0.717, 1.165) is 12.1 Å². The van der Waals surface area contributed by atoms with E-state index in [-0.39, 0.29) is 12.0 Å². The summed E-state index contributed by atoms with van der Waals surface area (Å²) in [5.74, 6) is -1.37. The topological polar surface area (TPSA) is 64.1 Å². The zero-order chi connectivity index (χ0) is 14.9. The van der Waals surface area contributed by atoms with Crippen molar-refractivity contribution >= 4 is 0 Å². The molecule has 1 aromatic heterocycles. The van der Waals surface area contributed by atoms with Gasteiger partial charge in [0.2, 0.25) is 0 Å². The molecule has 0 radical (unpaired) electrons. The fraction of sp³-hybridized carbons (Fsp3) is 0.357. The molecule has 2 atom stereocenters. The van der Waals surface area contributed by atoms with Crippen molar-refractivity contribution < 1.29 is 13.9 Å². The number of halogens is 2. The summed E-state index contributed by atoms with van der Waals surface area (Å²) in [4.78, 5) is 0. The van der Waals surface area contributed by atoms with Crippen molar-refractivity contribution in [1.29, 1.82) is 0 Å². The molecule has 0 aliphatic heterocycles. The molecule has 1 heterocycles.